The third kappa shape index (κ3) is 4.03. The molecule has 0 radical (unpaired) electrons. The maximum Gasteiger partial charge on any atom is 0.417 e. The van der Waals surface area contributed by atoms with Gasteiger partial charge in [0.2, 0.25) is 0 Å². The van der Waals surface area contributed by atoms with Crippen LogP contribution in [0.15, 0.2) is 55.0 Å². The first-order valence-corrected chi connectivity index (χ1v) is 6.44. The van der Waals surface area contributed by atoms with Crippen molar-refractivity contribution in [2.75, 3.05) is 5.75 Å². The predicted molar refractivity (Wildman–Crippen MR) is 64.9 cm³/mol. The average Bonchev–Trinajstić information content (AvgIpc) is 2.30. The lowest BCUT2D eigenvalue weighted by Gasteiger charge is -2.11. The highest BCUT2D eigenvalue weighted by molar-refractivity contribution is 7.91. The van der Waals surface area contributed by atoms with Gasteiger partial charge in [-0.15, -0.1) is 19.7 Å². The molecule has 0 aliphatic heterocycles. The van der Waals surface area contributed by atoms with E-state index >= 15 is 0 Å². The zero-order valence-electron chi connectivity index (χ0n) is 9.57. The number of benzene rings is 1. The second kappa shape index (κ2) is 6.39. The molecular formula is C12H13F3O2S. The fourth-order valence-corrected chi connectivity index (χ4v) is 2.51. The molecular weight excluding hydrogens is 265 g/mol. The first-order valence-electron chi connectivity index (χ1n) is 4.79. The largest absolute Gasteiger partial charge is 0.417 e. The molecule has 1 rings (SSSR count). The molecule has 0 saturated carbocycles. The van der Waals surface area contributed by atoms with Crippen LogP contribution in [0.4, 0.5) is 13.2 Å². The van der Waals surface area contributed by atoms with Gasteiger partial charge in [-0.1, -0.05) is 18.2 Å². The summed E-state index contributed by atoms with van der Waals surface area (Å²) < 4.78 is 60.6. The first-order chi connectivity index (χ1) is 8.29. The lowest BCUT2D eigenvalue weighted by Crippen LogP contribution is -2.14. The van der Waals surface area contributed by atoms with Gasteiger partial charge in [-0.2, -0.15) is 13.2 Å². The summed E-state index contributed by atoms with van der Waals surface area (Å²) >= 11 is 0. The summed E-state index contributed by atoms with van der Waals surface area (Å²) in [6.07, 6.45) is -3.62. The van der Waals surface area contributed by atoms with E-state index in [0.717, 1.165) is 24.3 Å². The van der Waals surface area contributed by atoms with E-state index < -0.39 is 32.2 Å². The average molecular weight is 278 g/mol. The minimum atomic E-state index is -4.68. The highest BCUT2D eigenvalue weighted by atomic mass is 32.2. The fraction of sp³-hybridized carbons (Fsp3) is 0.167. The zero-order valence-corrected chi connectivity index (χ0v) is 10.4. The monoisotopic (exact) mass is 278 g/mol. The third-order valence-corrected chi connectivity index (χ3v) is 3.57. The standard InChI is InChI=1S/C10H9F3O2S.C2H4/c1-2-7-16(14,15)9-6-4-3-5-8(9)10(11,12)13;1-2/h2-6H,1,7H2;1-2H2. The summed E-state index contributed by atoms with van der Waals surface area (Å²) in [5.74, 6) is -0.514. The second-order valence-corrected chi connectivity index (χ2v) is 5.07. The van der Waals surface area contributed by atoms with E-state index in [1.807, 2.05) is 0 Å². The lowest BCUT2D eigenvalue weighted by molar-refractivity contribution is -0.139. The van der Waals surface area contributed by atoms with Crippen molar-refractivity contribution >= 4 is 9.84 Å². The van der Waals surface area contributed by atoms with Crippen LogP contribution in [0.3, 0.4) is 0 Å². The van der Waals surface area contributed by atoms with Gasteiger partial charge >= 0.3 is 6.18 Å². The molecule has 1 aromatic rings. The van der Waals surface area contributed by atoms with Crippen LogP contribution in [0.25, 0.3) is 0 Å². The van der Waals surface area contributed by atoms with Gasteiger partial charge in [-0.3, -0.25) is 0 Å². The minimum absolute atomic E-state index is 0.514. The van der Waals surface area contributed by atoms with Gasteiger partial charge in [0, 0.05) is 0 Å². The van der Waals surface area contributed by atoms with Gasteiger partial charge in [0.15, 0.2) is 9.84 Å². The number of hydrogen-bond donors (Lipinski definition) is 0. The van der Waals surface area contributed by atoms with Crippen LogP contribution in [0.2, 0.25) is 0 Å². The van der Waals surface area contributed by atoms with Crippen molar-refractivity contribution in [2.24, 2.45) is 0 Å². The van der Waals surface area contributed by atoms with Crippen molar-refractivity contribution in [3.8, 4) is 0 Å². The molecule has 0 atom stereocenters. The fourth-order valence-electron chi connectivity index (χ4n) is 1.22. The van der Waals surface area contributed by atoms with E-state index in [2.05, 4.69) is 19.7 Å². The highest BCUT2D eigenvalue weighted by Gasteiger charge is 2.36. The van der Waals surface area contributed by atoms with Gasteiger partial charge in [0.05, 0.1) is 16.2 Å². The molecule has 0 aliphatic rings. The van der Waals surface area contributed by atoms with Crippen LogP contribution >= 0.6 is 0 Å². The second-order valence-electron chi connectivity index (χ2n) is 3.06. The number of rotatable bonds is 3. The van der Waals surface area contributed by atoms with Crippen molar-refractivity contribution in [2.45, 2.75) is 11.1 Å². The molecule has 0 saturated heterocycles. The molecule has 18 heavy (non-hydrogen) atoms. The Labute approximate surface area is 104 Å². The molecule has 0 spiro atoms. The normalized spacial score (nSPS) is 11.3. The Morgan fingerprint density at radius 1 is 1.17 bits per heavy atom. The summed E-state index contributed by atoms with van der Waals surface area (Å²) in [5.41, 5.74) is -1.14. The molecule has 1 aromatic carbocycles. The number of alkyl halides is 3. The summed E-state index contributed by atoms with van der Waals surface area (Å²) in [4.78, 5) is -0.706. The Morgan fingerprint density at radius 2 is 1.67 bits per heavy atom. The number of hydrogen-bond acceptors (Lipinski definition) is 2. The lowest BCUT2D eigenvalue weighted by atomic mass is 10.2. The maximum absolute atomic E-state index is 12.5. The highest BCUT2D eigenvalue weighted by Crippen LogP contribution is 2.34. The van der Waals surface area contributed by atoms with Crippen molar-refractivity contribution in [1.82, 2.24) is 0 Å². The Balaban J connectivity index is 0.00000137. The van der Waals surface area contributed by atoms with Crippen LogP contribution in [0, 0.1) is 0 Å². The van der Waals surface area contributed by atoms with Crippen molar-refractivity contribution < 1.29 is 21.6 Å². The van der Waals surface area contributed by atoms with E-state index in [1.54, 1.807) is 0 Å². The Bertz CT molecular complexity index is 504. The predicted octanol–water partition coefficient (Wildman–Crippen LogP) is 3.47. The van der Waals surface area contributed by atoms with Crippen LogP contribution in [0.5, 0.6) is 0 Å². The first kappa shape index (κ1) is 16.4. The van der Waals surface area contributed by atoms with Crippen molar-refractivity contribution in [1.29, 1.82) is 0 Å². The van der Waals surface area contributed by atoms with Gasteiger partial charge in [0.25, 0.3) is 0 Å². The summed E-state index contributed by atoms with van der Waals surface area (Å²) in [6.45, 7) is 9.20. The summed E-state index contributed by atoms with van der Waals surface area (Å²) in [6, 6.07) is 4.10. The molecule has 6 heteroatoms. The molecule has 0 amide bonds. The molecule has 100 valence electrons. The molecule has 0 bridgehead atoms. The van der Waals surface area contributed by atoms with Gasteiger partial charge in [-0.05, 0) is 12.1 Å². The molecule has 0 heterocycles. The zero-order chi connectivity index (χ0) is 14.4. The Hall–Kier alpha value is -1.56. The Morgan fingerprint density at radius 3 is 2.11 bits per heavy atom. The summed E-state index contributed by atoms with van der Waals surface area (Å²) in [5, 5.41) is 0. The van der Waals surface area contributed by atoms with E-state index in [0.29, 0.717) is 0 Å². The molecule has 2 nitrogen and oxygen atoms in total. The molecule has 0 unspecified atom stereocenters. The van der Waals surface area contributed by atoms with Gasteiger partial charge in [0.1, 0.15) is 0 Å². The maximum atomic E-state index is 12.5. The van der Waals surface area contributed by atoms with E-state index in [9.17, 15) is 21.6 Å². The van der Waals surface area contributed by atoms with Crippen LogP contribution in [-0.4, -0.2) is 14.2 Å². The van der Waals surface area contributed by atoms with E-state index in [1.165, 1.54) is 6.07 Å². The quantitative estimate of drug-likeness (QED) is 0.793. The Kier molecular flexibility index (Phi) is 5.84. The van der Waals surface area contributed by atoms with Crippen molar-refractivity contribution in [3.63, 3.8) is 0 Å². The van der Waals surface area contributed by atoms with E-state index in [4.69, 9.17) is 0 Å². The van der Waals surface area contributed by atoms with Gasteiger partial charge in [-0.25, -0.2) is 8.42 Å². The SMILES string of the molecule is C=C.C=CCS(=O)(=O)c1ccccc1C(F)(F)F. The molecule has 0 fully saturated rings. The van der Waals surface area contributed by atoms with Crippen LogP contribution in [-0.2, 0) is 16.0 Å². The topological polar surface area (TPSA) is 34.1 Å². The number of halogens is 3. The minimum Gasteiger partial charge on any atom is -0.223 e. The summed E-state index contributed by atoms with van der Waals surface area (Å²) in [7, 11) is -3.96. The van der Waals surface area contributed by atoms with Gasteiger partial charge < -0.3 is 0 Å². The van der Waals surface area contributed by atoms with Crippen LogP contribution in [0.1, 0.15) is 5.56 Å². The number of sulfone groups is 1. The smallest absolute Gasteiger partial charge is 0.223 e. The van der Waals surface area contributed by atoms with Crippen LogP contribution < -0.4 is 0 Å². The molecule has 0 N–H and O–H groups in total. The molecule has 0 aromatic heterocycles. The van der Waals surface area contributed by atoms with E-state index in [-0.39, 0.29) is 0 Å². The molecule has 0 aliphatic carbocycles. The third-order valence-electron chi connectivity index (χ3n) is 1.86. The van der Waals surface area contributed by atoms with Crippen molar-refractivity contribution in [3.05, 3.63) is 55.6 Å².